The summed E-state index contributed by atoms with van der Waals surface area (Å²) in [6.07, 6.45) is 0. The van der Waals surface area contributed by atoms with Crippen LogP contribution in [0.4, 0.5) is 5.69 Å². The quantitative estimate of drug-likeness (QED) is 0.692. The highest BCUT2D eigenvalue weighted by molar-refractivity contribution is 6.07. The molecule has 0 radical (unpaired) electrons. The molecular formula is C16H19NO4. The zero-order valence-electron chi connectivity index (χ0n) is 12.6. The van der Waals surface area contributed by atoms with Gasteiger partial charge in [-0.05, 0) is 31.4 Å². The Bertz CT molecular complexity index is 694. The number of carbonyl (C=O) groups is 1. The number of rotatable bonds is 4. The number of benzene rings is 2. The molecule has 0 atom stereocenters. The summed E-state index contributed by atoms with van der Waals surface area (Å²) in [7, 11) is 3.15. The number of fused-ring (bicyclic) bond motifs is 1. The molecule has 0 spiro atoms. The van der Waals surface area contributed by atoms with E-state index in [1.54, 1.807) is 33.3 Å². The van der Waals surface area contributed by atoms with Crippen LogP contribution in [-0.4, -0.2) is 26.8 Å². The molecule has 0 amide bonds. The van der Waals surface area contributed by atoms with Crippen molar-refractivity contribution in [2.45, 2.75) is 13.8 Å². The average molecular weight is 289 g/mol. The lowest BCUT2D eigenvalue weighted by atomic mass is 9.99. The van der Waals surface area contributed by atoms with Crippen molar-refractivity contribution in [3.63, 3.8) is 0 Å². The normalized spacial score (nSPS) is 10.5. The van der Waals surface area contributed by atoms with E-state index in [1.165, 1.54) is 0 Å². The van der Waals surface area contributed by atoms with E-state index in [2.05, 4.69) is 0 Å². The van der Waals surface area contributed by atoms with Crippen molar-refractivity contribution in [1.29, 1.82) is 0 Å². The van der Waals surface area contributed by atoms with E-state index in [1.807, 2.05) is 13.0 Å². The van der Waals surface area contributed by atoms with Crippen LogP contribution in [0.15, 0.2) is 18.2 Å². The van der Waals surface area contributed by atoms with Gasteiger partial charge >= 0.3 is 5.97 Å². The molecule has 0 fully saturated rings. The predicted octanol–water partition coefficient (Wildman–Crippen LogP) is 2.92. The van der Waals surface area contributed by atoms with Crippen LogP contribution in [-0.2, 0) is 4.74 Å². The monoisotopic (exact) mass is 289 g/mol. The number of esters is 1. The number of nitrogen functional groups attached to an aromatic ring is 1. The second kappa shape index (κ2) is 5.91. The van der Waals surface area contributed by atoms with Crippen LogP contribution in [0.25, 0.3) is 10.8 Å². The molecule has 0 saturated carbocycles. The van der Waals surface area contributed by atoms with E-state index >= 15 is 0 Å². The molecule has 0 bridgehead atoms. The molecule has 0 aliphatic carbocycles. The van der Waals surface area contributed by atoms with Crippen molar-refractivity contribution >= 4 is 22.4 Å². The van der Waals surface area contributed by atoms with Crippen molar-refractivity contribution in [1.82, 2.24) is 0 Å². The number of ether oxygens (including phenoxy) is 3. The molecule has 0 aromatic heterocycles. The van der Waals surface area contributed by atoms with Crippen molar-refractivity contribution in [2.75, 3.05) is 26.6 Å². The predicted molar refractivity (Wildman–Crippen MR) is 82.2 cm³/mol. The van der Waals surface area contributed by atoms with Crippen molar-refractivity contribution < 1.29 is 19.0 Å². The molecule has 0 heterocycles. The summed E-state index contributed by atoms with van der Waals surface area (Å²) >= 11 is 0. The number of hydrogen-bond donors (Lipinski definition) is 1. The zero-order valence-corrected chi connectivity index (χ0v) is 12.6. The fourth-order valence-electron chi connectivity index (χ4n) is 2.41. The third-order valence-corrected chi connectivity index (χ3v) is 3.45. The molecule has 0 aliphatic rings. The van der Waals surface area contributed by atoms with Crippen LogP contribution in [0, 0.1) is 6.92 Å². The first-order valence-electron chi connectivity index (χ1n) is 6.66. The van der Waals surface area contributed by atoms with Crippen LogP contribution in [0.1, 0.15) is 22.8 Å². The number of methoxy groups -OCH3 is 2. The molecule has 0 aliphatic heterocycles. The van der Waals surface area contributed by atoms with E-state index in [9.17, 15) is 4.79 Å². The van der Waals surface area contributed by atoms with Gasteiger partial charge in [0.25, 0.3) is 0 Å². The molecule has 2 aromatic rings. The maximum atomic E-state index is 11.9. The first-order chi connectivity index (χ1) is 10.0. The lowest BCUT2D eigenvalue weighted by Crippen LogP contribution is -2.08. The highest BCUT2D eigenvalue weighted by atomic mass is 16.5. The Morgan fingerprint density at radius 3 is 2.48 bits per heavy atom. The van der Waals surface area contributed by atoms with Gasteiger partial charge in [0.2, 0.25) is 0 Å². The van der Waals surface area contributed by atoms with Crippen molar-refractivity contribution in [2.24, 2.45) is 0 Å². The highest BCUT2D eigenvalue weighted by Gasteiger charge is 2.18. The summed E-state index contributed by atoms with van der Waals surface area (Å²) in [5.74, 6) is 0.813. The number of anilines is 1. The minimum Gasteiger partial charge on any atom is -0.493 e. The molecule has 0 saturated heterocycles. The lowest BCUT2D eigenvalue weighted by Gasteiger charge is -2.15. The van der Waals surface area contributed by atoms with Gasteiger partial charge in [0.1, 0.15) is 0 Å². The molecule has 5 nitrogen and oxygen atoms in total. The van der Waals surface area contributed by atoms with Crippen LogP contribution >= 0.6 is 0 Å². The summed E-state index contributed by atoms with van der Waals surface area (Å²) in [6, 6.07) is 5.29. The molecule has 21 heavy (non-hydrogen) atoms. The third-order valence-electron chi connectivity index (χ3n) is 3.45. The van der Waals surface area contributed by atoms with Gasteiger partial charge in [-0.15, -0.1) is 0 Å². The molecule has 2 N–H and O–H groups in total. The molecular weight excluding hydrogens is 270 g/mol. The first-order valence-corrected chi connectivity index (χ1v) is 6.66. The Hall–Kier alpha value is -2.43. The van der Waals surface area contributed by atoms with Crippen LogP contribution in [0.2, 0.25) is 0 Å². The number of aryl methyl sites for hydroxylation is 1. The number of nitrogens with two attached hydrogens (primary N) is 1. The Balaban J connectivity index is 2.73. The summed E-state index contributed by atoms with van der Waals surface area (Å²) in [5, 5.41) is 1.66. The first kappa shape index (κ1) is 15.0. The topological polar surface area (TPSA) is 70.8 Å². The summed E-state index contributed by atoms with van der Waals surface area (Å²) in [4.78, 5) is 11.9. The van der Waals surface area contributed by atoms with E-state index < -0.39 is 5.97 Å². The molecule has 2 rings (SSSR count). The van der Waals surface area contributed by atoms with Crippen LogP contribution < -0.4 is 15.2 Å². The van der Waals surface area contributed by atoms with Gasteiger partial charge in [-0.3, -0.25) is 0 Å². The van der Waals surface area contributed by atoms with Crippen molar-refractivity contribution in [3.8, 4) is 11.5 Å². The van der Waals surface area contributed by atoms with Gasteiger partial charge in [-0.1, -0.05) is 6.07 Å². The second-order valence-corrected chi connectivity index (χ2v) is 4.58. The smallest absolute Gasteiger partial charge is 0.340 e. The average Bonchev–Trinajstić information content (AvgIpc) is 2.48. The number of hydrogen-bond acceptors (Lipinski definition) is 5. The van der Waals surface area contributed by atoms with E-state index in [0.717, 1.165) is 16.3 Å². The van der Waals surface area contributed by atoms with Gasteiger partial charge in [-0.25, -0.2) is 4.79 Å². The number of carbonyl (C=O) groups excluding carboxylic acids is 1. The summed E-state index contributed by atoms with van der Waals surface area (Å²) < 4.78 is 15.7. The third kappa shape index (κ3) is 2.46. The van der Waals surface area contributed by atoms with Gasteiger partial charge in [0, 0.05) is 10.9 Å². The fraction of sp³-hybridized carbons (Fsp3) is 0.312. The van der Waals surface area contributed by atoms with Gasteiger partial charge in [-0.2, -0.15) is 0 Å². The largest absolute Gasteiger partial charge is 0.493 e. The van der Waals surface area contributed by atoms with E-state index in [-0.39, 0.29) is 0 Å². The molecule has 112 valence electrons. The Morgan fingerprint density at radius 2 is 1.90 bits per heavy atom. The van der Waals surface area contributed by atoms with Crippen molar-refractivity contribution in [3.05, 3.63) is 29.3 Å². The summed E-state index contributed by atoms with van der Waals surface area (Å²) in [5.41, 5.74) is 7.79. The maximum Gasteiger partial charge on any atom is 0.340 e. The van der Waals surface area contributed by atoms with Crippen LogP contribution in [0.3, 0.4) is 0 Å². The Labute approximate surface area is 123 Å². The highest BCUT2D eigenvalue weighted by Crippen LogP contribution is 2.39. The maximum absolute atomic E-state index is 11.9. The van der Waals surface area contributed by atoms with E-state index in [4.69, 9.17) is 19.9 Å². The molecule has 5 heteroatoms. The minimum atomic E-state index is -0.427. The minimum absolute atomic E-state index is 0.307. The zero-order chi connectivity index (χ0) is 15.6. The second-order valence-electron chi connectivity index (χ2n) is 4.58. The van der Waals surface area contributed by atoms with Gasteiger partial charge in [0.05, 0.1) is 32.1 Å². The van der Waals surface area contributed by atoms with Gasteiger partial charge < -0.3 is 19.9 Å². The SMILES string of the molecule is CCOC(=O)c1ccc2c(C)c(OC)c(OC)cc2c1N. The fourth-order valence-corrected chi connectivity index (χ4v) is 2.41. The molecule has 0 unspecified atom stereocenters. The standard InChI is InChI=1S/C16H19NO4/c1-5-21-16(18)11-7-6-10-9(2)15(20-4)13(19-3)8-12(10)14(11)17/h6-8H,5,17H2,1-4H3. The Kier molecular flexibility index (Phi) is 4.21. The van der Waals surface area contributed by atoms with Crippen LogP contribution in [0.5, 0.6) is 11.5 Å². The van der Waals surface area contributed by atoms with E-state index in [0.29, 0.717) is 29.4 Å². The molecule has 2 aromatic carbocycles. The Morgan fingerprint density at radius 1 is 1.19 bits per heavy atom. The van der Waals surface area contributed by atoms with Gasteiger partial charge in [0.15, 0.2) is 11.5 Å². The summed E-state index contributed by atoms with van der Waals surface area (Å²) in [6.45, 7) is 3.99. The lowest BCUT2D eigenvalue weighted by molar-refractivity contribution is 0.0528.